The van der Waals surface area contributed by atoms with E-state index in [1.54, 1.807) is 18.1 Å². The van der Waals surface area contributed by atoms with Crippen molar-refractivity contribution in [1.82, 2.24) is 4.90 Å². The number of rotatable bonds is 3. The Morgan fingerprint density at radius 3 is 2.46 bits per heavy atom. The molecule has 0 atom stereocenters. The molecule has 1 aromatic rings. The van der Waals surface area contributed by atoms with Gasteiger partial charge in [0.1, 0.15) is 11.7 Å². The molecule has 6 nitrogen and oxygen atoms in total. The van der Waals surface area contributed by atoms with Gasteiger partial charge in [-0.1, -0.05) is 15.9 Å². The quantitative estimate of drug-likeness (QED) is 0.780. The van der Waals surface area contributed by atoms with Gasteiger partial charge in [0.2, 0.25) is 0 Å². The molecule has 1 aromatic carbocycles. The number of amides is 1. The van der Waals surface area contributed by atoms with E-state index in [0.29, 0.717) is 30.3 Å². The summed E-state index contributed by atoms with van der Waals surface area (Å²) < 4.78 is 17.6. The molecular formula is C17H25BrN2O4. The minimum Gasteiger partial charge on any atom is -0.493 e. The fourth-order valence-corrected chi connectivity index (χ4v) is 2.97. The minimum atomic E-state index is -0.482. The van der Waals surface area contributed by atoms with E-state index < -0.39 is 5.60 Å². The molecular weight excluding hydrogens is 376 g/mol. The number of ether oxygens (including phenoxy) is 3. The van der Waals surface area contributed by atoms with E-state index in [4.69, 9.17) is 19.9 Å². The summed E-state index contributed by atoms with van der Waals surface area (Å²) in [4.78, 5) is 13.8. The van der Waals surface area contributed by atoms with E-state index >= 15 is 0 Å². The number of nitrogens with two attached hydrogens (primary N) is 1. The smallest absolute Gasteiger partial charge is 0.410 e. The van der Waals surface area contributed by atoms with Crippen LogP contribution in [0.1, 0.15) is 33.6 Å². The predicted octanol–water partition coefficient (Wildman–Crippen LogP) is 3.82. The molecule has 2 N–H and O–H groups in total. The van der Waals surface area contributed by atoms with Gasteiger partial charge in [-0.25, -0.2) is 4.79 Å². The van der Waals surface area contributed by atoms with Crippen molar-refractivity contribution >= 4 is 27.7 Å². The lowest BCUT2D eigenvalue weighted by molar-refractivity contribution is 0.0125. The second kappa shape index (κ2) is 7.51. The maximum atomic E-state index is 12.1. The highest BCUT2D eigenvalue weighted by atomic mass is 79.9. The van der Waals surface area contributed by atoms with Gasteiger partial charge in [-0.2, -0.15) is 0 Å². The van der Waals surface area contributed by atoms with Crippen LogP contribution in [0, 0.1) is 0 Å². The number of carbonyl (C=O) groups excluding carboxylic acids is 1. The van der Waals surface area contributed by atoms with Gasteiger partial charge < -0.3 is 24.8 Å². The Morgan fingerprint density at radius 2 is 1.92 bits per heavy atom. The first-order valence-corrected chi connectivity index (χ1v) is 8.76. The van der Waals surface area contributed by atoms with Gasteiger partial charge in [0.15, 0.2) is 11.5 Å². The molecule has 0 saturated carbocycles. The van der Waals surface area contributed by atoms with Crippen LogP contribution in [0.4, 0.5) is 10.5 Å². The number of benzene rings is 1. The van der Waals surface area contributed by atoms with Crippen LogP contribution in [-0.2, 0) is 4.74 Å². The first kappa shape index (κ1) is 18.7. The topological polar surface area (TPSA) is 74.0 Å². The second-order valence-corrected chi connectivity index (χ2v) is 7.73. The number of likely N-dealkylation sites (tertiary alicyclic amines) is 1. The molecule has 1 aliphatic rings. The van der Waals surface area contributed by atoms with Gasteiger partial charge in [-0.05, 0) is 32.9 Å². The van der Waals surface area contributed by atoms with Crippen LogP contribution in [0.25, 0.3) is 0 Å². The Morgan fingerprint density at radius 1 is 1.29 bits per heavy atom. The maximum absolute atomic E-state index is 12.1. The van der Waals surface area contributed by atoms with Crippen LogP contribution in [0.15, 0.2) is 16.6 Å². The zero-order valence-corrected chi connectivity index (χ0v) is 16.2. The molecule has 1 heterocycles. The summed E-state index contributed by atoms with van der Waals surface area (Å²) in [7, 11) is 1.58. The Labute approximate surface area is 151 Å². The van der Waals surface area contributed by atoms with Crippen LogP contribution in [-0.4, -0.2) is 42.9 Å². The average Bonchev–Trinajstić information content (AvgIpc) is 2.48. The van der Waals surface area contributed by atoms with E-state index in [-0.39, 0.29) is 12.2 Å². The van der Waals surface area contributed by atoms with Crippen LogP contribution >= 0.6 is 15.9 Å². The molecule has 0 unspecified atom stereocenters. The Hall–Kier alpha value is -1.63. The van der Waals surface area contributed by atoms with E-state index in [2.05, 4.69) is 15.9 Å². The zero-order chi connectivity index (χ0) is 17.9. The van der Waals surface area contributed by atoms with E-state index in [1.807, 2.05) is 26.8 Å². The number of carbonyl (C=O) groups is 1. The third-order valence-corrected chi connectivity index (χ3v) is 4.10. The highest BCUT2D eigenvalue weighted by molar-refractivity contribution is 9.10. The number of piperidine rings is 1. The summed E-state index contributed by atoms with van der Waals surface area (Å²) in [6.07, 6.45) is 1.15. The summed E-state index contributed by atoms with van der Waals surface area (Å²) in [5.74, 6) is 1.15. The summed E-state index contributed by atoms with van der Waals surface area (Å²) in [5.41, 5.74) is 6.08. The summed E-state index contributed by atoms with van der Waals surface area (Å²) in [6, 6.07) is 3.61. The molecule has 7 heteroatoms. The van der Waals surface area contributed by atoms with Gasteiger partial charge in [0.25, 0.3) is 0 Å². The number of nitrogens with zero attached hydrogens (tertiary/aromatic N) is 1. The van der Waals surface area contributed by atoms with Crippen molar-refractivity contribution in [2.75, 3.05) is 25.9 Å². The summed E-state index contributed by atoms with van der Waals surface area (Å²) in [5, 5.41) is 0. The number of nitrogen functional groups attached to an aromatic ring is 1. The maximum Gasteiger partial charge on any atom is 0.410 e. The Balaban J connectivity index is 1.95. The van der Waals surface area contributed by atoms with Crippen molar-refractivity contribution in [3.05, 3.63) is 16.6 Å². The highest BCUT2D eigenvalue weighted by Gasteiger charge is 2.28. The monoisotopic (exact) mass is 400 g/mol. The predicted molar refractivity (Wildman–Crippen MR) is 96.6 cm³/mol. The van der Waals surface area contributed by atoms with E-state index in [9.17, 15) is 4.79 Å². The van der Waals surface area contributed by atoms with E-state index in [0.717, 1.165) is 17.3 Å². The van der Waals surface area contributed by atoms with Crippen LogP contribution in [0.3, 0.4) is 0 Å². The molecule has 0 spiro atoms. The number of methoxy groups -OCH3 is 1. The van der Waals surface area contributed by atoms with Crippen molar-refractivity contribution < 1.29 is 19.0 Å². The molecule has 1 fully saturated rings. The standard InChI is InChI=1S/C17H25BrN2O4/c1-17(2,3)24-16(21)20-7-5-12(6-8-20)23-15-13(19)9-11(18)10-14(15)22-4/h9-10,12H,5-8,19H2,1-4H3. The summed E-state index contributed by atoms with van der Waals surface area (Å²) in [6.45, 7) is 6.78. The Bertz CT molecular complexity index is 593. The van der Waals surface area contributed by atoms with Crippen molar-refractivity contribution in [3.63, 3.8) is 0 Å². The van der Waals surface area contributed by atoms with Crippen molar-refractivity contribution in [2.45, 2.75) is 45.3 Å². The van der Waals surface area contributed by atoms with Gasteiger partial charge >= 0.3 is 6.09 Å². The zero-order valence-electron chi connectivity index (χ0n) is 14.6. The summed E-state index contributed by atoms with van der Waals surface area (Å²) >= 11 is 3.39. The molecule has 1 saturated heterocycles. The number of hydrogen-bond donors (Lipinski definition) is 1. The van der Waals surface area contributed by atoms with Crippen molar-refractivity contribution in [3.8, 4) is 11.5 Å². The molecule has 1 aliphatic heterocycles. The molecule has 2 rings (SSSR count). The normalized spacial score (nSPS) is 16.0. The Kier molecular flexibility index (Phi) is 5.85. The second-order valence-electron chi connectivity index (χ2n) is 6.81. The van der Waals surface area contributed by atoms with Crippen LogP contribution < -0.4 is 15.2 Å². The first-order valence-electron chi connectivity index (χ1n) is 7.97. The number of halogens is 1. The van der Waals surface area contributed by atoms with Crippen molar-refractivity contribution in [2.24, 2.45) is 0 Å². The van der Waals surface area contributed by atoms with Gasteiger partial charge in [-0.15, -0.1) is 0 Å². The number of hydrogen-bond acceptors (Lipinski definition) is 5. The fraction of sp³-hybridized carbons (Fsp3) is 0.588. The third-order valence-electron chi connectivity index (χ3n) is 3.65. The molecule has 0 radical (unpaired) electrons. The average molecular weight is 401 g/mol. The van der Waals surface area contributed by atoms with Gasteiger partial charge in [-0.3, -0.25) is 0 Å². The highest BCUT2D eigenvalue weighted by Crippen LogP contribution is 2.38. The van der Waals surface area contributed by atoms with Gasteiger partial charge in [0.05, 0.1) is 12.8 Å². The molecule has 24 heavy (non-hydrogen) atoms. The van der Waals surface area contributed by atoms with Crippen molar-refractivity contribution in [1.29, 1.82) is 0 Å². The van der Waals surface area contributed by atoms with Crippen LogP contribution in [0.5, 0.6) is 11.5 Å². The largest absolute Gasteiger partial charge is 0.493 e. The fourth-order valence-electron chi connectivity index (χ4n) is 2.52. The lowest BCUT2D eigenvalue weighted by atomic mass is 10.1. The molecule has 0 aromatic heterocycles. The minimum absolute atomic E-state index is 0.0129. The molecule has 0 bridgehead atoms. The number of anilines is 1. The third kappa shape index (κ3) is 4.93. The SMILES string of the molecule is COc1cc(Br)cc(N)c1OC1CCN(C(=O)OC(C)(C)C)CC1. The molecule has 1 amide bonds. The van der Waals surface area contributed by atoms with Gasteiger partial charge in [0, 0.05) is 30.4 Å². The first-order chi connectivity index (χ1) is 11.2. The van der Waals surface area contributed by atoms with E-state index in [1.165, 1.54) is 0 Å². The molecule has 0 aliphatic carbocycles. The molecule has 134 valence electrons. The lowest BCUT2D eigenvalue weighted by Crippen LogP contribution is -2.44. The lowest BCUT2D eigenvalue weighted by Gasteiger charge is -2.33. The van der Waals surface area contributed by atoms with Crippen LogP contribution in [0.2, 0.25) is 0 Å².